The quantitative estimate of drug-likeness (QED) is 0.764. The summed E-state index contributed by atoms with van der Waals surface area (Å²) in [6, 6.07) is 6.70. The van der Waals surface area contributed by atoms with E-state index in [4.69, 9.17) is 4.74 Å². The Morgan fingerprint density at radius 3 is 2.75 bits per heavy atom. The Balaban J connectivity index is 1.62. The molecule has 1 N–H and O–H groups in total. The van der Waals surface area contributed by atoms with Crippen LogP contribution in [0.2, 0.25) is 0 Å². The molecule has 2 nitrogen and oxygen atoms in total. The fourth-order valence-corrected chi connectivity index (χ4v) is 7.27. The van der Waals surface area contributed by atoms with Crippen LogP contribution in [0.4, 0.5) is 0 Å². The zero-order valence-electron chi connectivity index (χ0n) is 15.1. The molecule has 0 heterocycles. The number of ether oxygens (including phenoxy) is 1. The Morgan fingerprint density at radius 1 is 1.17 bits per heavy atom. The van der Waals surface area contributed by atoms with Crippen LogP contribution in [0, 0.1) is 16.7 Å². The topological polar surface area (TPSA) is 29.5 Å². The minimum absolute atomic E-state index is 0.0508. The van der Waals surface area contributed by atoms with Crippen molar-refractivity contribution in [3.05, 3.63) is 41.0 Å². The average molecular weight is 324 g/mol. The number of aryl methyl sites for hydroxylation is 1. The molecule has 2 saturated carbocycles. The highest BCUT2D eigenvalue weighted by molar-refractivity contribution is 5.46. The van der Waals surface area contributed by atoms with E-state index in [0.29, 0.717) is 11.8 Å². The molecule has 5 rings (SSSR count). The number of methoxy groups -OCH3 is 1. The summed E-state index contributed by atoms with van der Waals surface area (Å²) in [5.41, 5.74) is 4.01. The van der Waals surface area contributed by atoms with E-state index in [1.165, 1.54) is 30.4 Å². The van der Waals surface area contributed by atoms with Gasteiger partial charge < -0.3 is 9.84 Å². The molecule has 0 aromatic heterocycles. The molecule has 2 heteroatoms. The minimum atomic E-state index is -0.543. The summed E-state index contributed by atoms with van der Waals surface area (Å²) in [5.74, 6) is 2.32. The Kier molecular flexibility index (Phi) is 2.79. The fraction of sp³-hybridized carbons (Fsp3) is 0.636. The van der Waals surface area contributed by atoms with Crippen molar-refractivity contribution in [3.8, 4) is 5.75 Å². The van der Waals surface area contributed by atoms with E-state index < -0.39 is 5.60 Å². The Bertz CT molecular complexity index is 750. The van der Waals surface area contributed by atoms with Crippen LogP contribution in [0.15, 0.2) is 29.8 Å². The van der Waals surface area contributed by atoms with E-state index in [1.807, 2.05) is 0 Å². The Labute approximate surface area is 144 Å². The molecule has 4 aliphatic rings. The number of allylic oxidation sites excluding steroid dienone is 1. The molecule has 5 atom stereocenters. The summed E-state index contributed by atoms with van der Waals surface area (Å²) in [6.07, 6.45) is 9.39. The lowest BCUT2D eigenvalue weighted by molar-refractivity contribution is -0.0909. The fourth-order valence-electron chi connectivity index (χ4n) is 7.27. The van der Waals surface area contributed by atoms with Crippen molar-refractivity contribution in [1.29, 1.82) is 0 Å². The number of hydrogen-bond acceptors (Lipinski definition) is 2. The number of rotatable bonds is 1. The maximum absolute atomic E-state index is 11.4. The van der Waals surface area contributed by atoms with Crippen LogP contribution in [0.1, 0.15) is 63.0 Å². The van der Waals surface area contributed by atoms with Gasteiger partial charge in [-0.2, -0.15) is 0 Å². The molecular formula is C22H28O2. The predicted octanol–water partition coefficient (Wildman–Crippen LogP) is 4.61. The van der Waals surface area contributed by atoms with Gasteiger partial charge in [0.2, 0.25) is 0 Å². The molecule has 2 fully saturated rings. The Hall–Kier alpha value is -1.28. The summed E-state index contributed by atoms with van der Waals surface area (Å²) in [7, 11) is 1.75. The van der Waals surface area contributed by atoms with Crippen molar-refractivity contribution in [2.24, 2.45) is 16.7 Å². The molecule has 0 unspecified atom stereocenters. The molecule has 0 radical (unpaired) electrons. The van der Waals surface area contributed by atoms with Crippen LogP contribution < -0.4 is 4.74 Å². The van der Waals surface area contributed by atoms with E-state index in [2.05, 4.69) is 38.1 Å². The molecule has 0 saturated heterocycles. The van der Waals surface area contributed by atoms with Crippen molar-refractivity contribution < 1.29 is 9.84 Å². The van der Waals surface area contributed by atoms with Crippen LogP contribution in [0.25, 0.3) is 0 Å². The number of fused-ring (bicyclic) bond motifs is 3. The molecule has 24 heavy (non-hydrogen) atoms. The van der Waals surface area contributed by atoms with Gasteiger partial charge in [0.15, 0.2) is 0 Å². The van der Waals surface area contributed by atoms with Gasteiger partial charge in [-0.05, 0) is 86.1 Å². The zero-order valence-corrected chi connectivity index (χ0v) is 15.1. The maximum atomic E-state index is 11.4. The van der Waals surface area contributed by atoms with E-state index in [1.54, 1.807) is 12.7 Å². The summed E-state index contributed by atoms with van der Waals surface area (Å²) >= 11 is 0. The van der Waals surface area contributed by atoms with Crippen molar-refractivity contribution in [1.82, 2.24) is 0 Å². The molecular weight excluding hydrogens is 296 g/mol. The first-order chi connectivity index (χ1) is 11.5. The van der Waals surface area contributed by atoms with Crippen molar-refractivity contribution >= 4 is 0 Å². The normalized spacial score (nSPS) is 45.2. The van der Waals surface area contributed by atoms with Gasteiger partial charge in [0.1, 0.15) is 5.75 Å². The van der Waals surface area contributed by atoms with Gasteiger partial charge in [0.25, 0.3) is 0 Å². The first kappa shape index (κ1) is 15.0. The first-order valence-corrected chi connectivity index (χ1v) is 9.54. The molecule has 0 aliphatic heterocycles. The van der Waals surface area contributed by atoms with Gasteiger partial charge in [0.05, 0.1) is 12.7 Å². The largest absolute Gasteiger partial charge is 0.497 e. The van der Waals surface area contributed by atoms with Gasteiger partial charge in [-0.1, -0.05) is 19.1 Å². The zero-order chi connectivity index (χ0) is 16.7. The second-order valence-corrected chi connectivity index (χ2v) is 8.92. The highest BCUT2D eigenvalue weighted by Crippen LogP contribution is 2.76. The van der Waals surface area contributed by atoms with Crippen LogP contribution in [-0.4, -0.2) is 17.8 Å². The molecule has 4 aliphatic carbocycles. The minimum Gasteiger partial charge on any atom is -0.497 e. The molecule has 128 valence electrons. The average Bonchev–Trinajstić information content (AvgIpc) is 2.93. The van der Waals surface area contributed by atoms with Crippen molar-refractivity contribution in [2.45, 2.75) is 63.9 Å². The van der Waals surface area contributed by atoms with Crippen molar-refractivity contribution in [3.63, 3.8) is 0 Å². The smallest absolute Gasteiger partial charge is 0.119 e. The van der Waals surface area contributed by atoms with Crippen LogP contribution in [-0.2, 0) is 6.42 Å². The van der Waals surface area contributed by atoms with Gasteiger partial charge in [-0.15, -0.1) is 0 Å². The molecule has 2 bridgehead atoms. The van der Waals surface area contributed by atoms with Crippen LogP contribution in [0.3, 0.4) is 0 Å². The van der Waals surface area contributed by atoms with Gasteiger partial charge in [-0.3, -0.25) is 0 Å². The third kappa shape index (κ3) is 1.44. The van der Waals surface area contributed by atoms with Gasteiger partial charge >= 0.3 is 0 Å². The molecule has 0 spiro atoms. The van der Waals surface area contributed by atoms with Gasteiger partial charge in [0, 0.05) is 10.8 Å². The van der Waals surface area contributed by atoms with Crippen molar-refractivity contribution in [2.75, 3.05) is 7.11 Å². The maximum Gasteiger partial charge on any atom is 0.119 e. The predicted molar refractivity (Wildman–Crippen MR) is 95.3 cm³/mol. The molecule has 1 aromatic rings. The molecule has 1 aromatic carbocycles. The second-order valence-electron chi connectivity index (χ2n) is 8.92. The Morgan fingerprint density at radius 2 is 2.00 bits per heavy atom. The van der Waals surface area contributed by atoms with E-state index in [0.717, 1.165) is 25.0 Å². The van der Waals surface area contributed by atoms with E-state index in [9.17, 15) is 5.11 Å². The number of benzene rings is 1. The lowest BCUT2D eigenvalue weighted by Crippen LogP contribution is -2.52. The number of hydrogen-bond donors (Lipinski definition) is 1. The highest BCUT2D eigenvalue weighted by Gasteiger charge is 2.72. The molecule has 0 amide bonds. The third-order valence-electron chi connectivity index (χ3n) is 8.54. The lowest BCUT2D eigenvalue weighted by atomic mass is 9.48. The summed E-state index contributed by atoms with van der Waals surface area (Å²) < 4.78 is 5.43. The van der Waals surface area contributed by atoms with E-state index in [-0.39, 0.29) is 10.8 Å². The lowest BCUT2D eigenvalue weighted by Gasteiger charge is -2.56. The summed E-state index contributed by atoms with van der Waals surface area (Å²) in [5, 5.41) is 11.4. The SMILES string of the molecule is COc1ccc2c(c1)CC[C@@H]1[C@@H]2CC[C@@]2(C)[C@]13C=C(C)[C@@]2(O)CC3. The monoisotopic (exact) mass is 324 g/mol. The summed E-state index contributed by atoms with van der Waals surface area (Å²) in [4.78, 5) is 0. The van der Waals surface area contributed by atoms with E-state index >= 15 is 0 Å². The summed E-state index contributed by atoms with van der Waals surface area (Å²) in [6.45, 7) is 4.55. The second kappa shape index (κ2) is 4.46. The van der Waals surface area contributed by atoms with Crippen LogP contribution >= 0.6 is 0 Å². The first-order valence-electron chi connectivity index (χ1n) is 9.54. The van der Waals surface area contributed by atoms with Crippen LogP contribution in [0.5, 0.6) is 5.75 Å². The highest BCUT2D eigenvalue weighted by atomic mass is 16.5. The number of aliphatic hydroxyl groups is 1. The standard InChI is InChI=1S/C22H28O2/c1-14-13-21-10-11-22(14,23)20(21,2)9-8-18-17-6-5-16(24-3)12-15(17)4-7-19(18)21/h5-6,12-13,18-19,23H,4,7-11H2,1-3H3/t18-,19-,20+,21-,22+/m1/s1. The van der Waals surface area contributed by atoms with Gasteiger partial charge in [-0.25, -0.2) is 0 Å². The third-order valence-corrected chi connectivity index (χ3v) is 8.54.